The molecule has 0 radical (unpaired) electrons. The molecule has 0 fully saturated rings. The van der Waals surface area contributed by atoms with Gasteiger partial charge in [0.1, 0.15) is 11.6 Å². The summed E-state index contributed by atoms with van der Waals surface area (Å²) in [6.07, 6.45) is 1.49. The highest BCUT2D eigenvalue weighted by Gasteiger charge is 2.04. The van der Waals surface area contributed by atoms with Crippen molar-refractivity contribution >= 4 is 12.1 Å². The van der Waals surface area contributed by atoms with E-state index in [0.717, 1.165) is 5.56 Å². The zero-order chi connectivity index (χ0) is 14.4. The van der Waals surface area contributed by atoms with Crippen molar-refractivity contribution in [2.24, 2.45) is 5.10 Å². The zero-order valence-electron chi connectivity index (χ0n) is 10.8. The number of carbonyl (C=O) groups is 1. The van der Waals surface area contributed by atoms with Gasteiger partial charge in [-0.15, -0.1) is 0 Å². The Balaban J connectivity index is 2.02. The molecule has 0 unspecified atom stereocenters. The quantitative estimate of drug-likeness (QED) is 0.687. The number of hydrogen-bond donors (Lipinski definition) is 1. The fourth-order valence-corrected chi connectivity index (χ4v) is 1.60. The summed E-state index contributed by atoms with van der Waals surface area (Å²) in [4.78, 5) is 11.7. The first-order valence-corrected chi connectivity index (χ1v) is 5.92. The number of amides is 1. The van der Waals surface area contributed by atoms with Crippen LogP contribution in [0.4, 0.5) is 4.39 Å². The molecule has 0 saturated heterocycles. The molecule has 0 atom stereocenters. The number of halogens is 1. The average molecular weight is 272 g/mol. The topological polar surface area (TPSA) is 50.7 Å². The Hall–Kier alpha value is -2.69. The first-order chi connectivity index (χ1) is 9.70. The minimum Gasteiger partial charge on any atom is -0.496 e. The Morgan fingerprint density at radius 2 is 1.90 bits per heavy atom. The molecule has 0 heterocycles. The Bertz CT molecular complexity index is 624. The molecule has 1 N–H and O–H groups in total. The summed E-state index contributed by atoms with van der Waals surface area (Å²) in [6.45, 7) is 0. The van der Waals surface area contributed by atoms with Gasteiger partial charge in [-0.2, -0.15) is 5.10 Å². The van der Waals surface area contributed by atoms with Crippen LogP contribution in [0.15, 0.2) is 53.6 Å². The normalized spacial score (nSPS) is 10.5. The van der Waals surface area contributed by atoms with Crippen LogP contribution in [0.1, 0.15) is 15.9 Å². The maximum absolute atomic E-state index is 12.7. The lowest BCUT2D eigenvalue weighted by atomic mass is 10.2. The Morgan fingerprint density at radius 1 is 1.20 bits per heavy atom. The maximum Gasteiger partial charge on any atom is 0.271 e. The molecule has 0 spiro atoms. The molecule has 0 aliphatic heterocycles. The van der Waals surface area contributed by atoms with E-state index in [4.69, 9.17) is 4.74 Å². The third kappa shape index (κ3) is 3.41. The van der Waals surface area contributed by atoms with Gasteiger partial charge in [-0.05, 0) is 36.4 Å². The van der Waals surface area contributed by atoms with E-state index < -0.39 is 5.91 Å². The summed E-state index contributed by atoms with van der Waals surface area (Å²) in [6, 6.07) is 12.5. The summed E-state index contributed by atoms with van der Waals surface area (Å²) in [5.41, 5.74) is 3.45. The van der Waals surface area contributed by atoms with E-state index in [1.54, 1.807) is 13.2 Å². The summed E-state index contributed by atoms with van der Waals surface area (Å²) >= 11 is 0. The van der Waals surface area contributed by atoms with Gasteiger partial charge in [-0.25, -0.2) is 9.82 Å². The monoisotopic (exact) mass is 272 g/mol. The molecule has 0 saturated carbocycles. The smallest absolute Gasteiger partial charge is 0.271 e. The van der Waals surface area contributed by atoms with Gasteiger partial charge in [0.2, 0.25) is 0 Å². The van der Waals surface area contributed by atoms with E-state index in [1.807, 2.05) is 18.2 Å². The first kappa shape index (κ1) is 13.7. The highest BCUT2D eigenvalue weighted by molar-refractivity contribution is 5.95. The largest absolute Gasteiger partial charge is 0.496 e. The number of para-hydroxylation sites is 1. The fourth-order valence-electron chi connectivity index (χ4n) is 1.60. The molecule has 20 heavy (non-hydrogen) atoms. The van der Waals surface area contributed by atoms with Crippen molar-refractivity contribution in [3.63, 3.8) is 0 Å². The Morgan fingerprint density at radius 3 is 2.60 bits per heavy atom. The second kappa shape index (κ2) is 6.47. The minimum atomic E-state index is -0.406. The van der Waals surface area contributed by atoms with Crippen LogP contribution in [0.3, 0.4) is 0 Å². The van der Waals surface area contributed by atoms with Gasteiger partial charge in [0.15, 0.2) is 0 Å². The van der Waals surface area contributed by atoms with Crippen LogP contribution in [-0.2, 0) is 0 Å². The molecule has 0 aliphatic carbocycles. The van der Waals surface area contributed by atoms with Gasteiger partial charge >= 0.3 is 0 Å². The molecule has 5 heteroatoms. The lowest BCUT2D eigenvalue weighted by Gasteiger charge is -2.03. The molecule has 0 aliphatic rings. The number of nitrogens with zero attached hydrogens (tertiary/aromatic N) is 1. The molecule has 0 aromatic heterocycles. The van der Waals surface area contributed by atoms with Crippen molar-refractivity contribution in [1.82, 2.24) is 5.43 Å². The van der Waals surface area contributed by atoms with E-state index in [2.05, 4.69) is 10.5 Å². The Labute approximate surface area is 115 Å². The summed E-state index contributed by atoms with van der Waals surface area (Å²) in [5.74, 6) is -0.137. The van der Waals surface area contributed by atoms with Crippen LogP contribution < -0.4 is 10.2 Å². The highest BCUT2D eigenvalue weighted by atomic mass is 19.1. The van der Waals surface area contributed by atoms with Gasteiger partial charge in [0.25, 0.3) is 5.91 Å². The number of nitrogens with one attached hydrogen (secondary N) is 1. The number of hydrazone groups is 1. The number of hydrogen-bond acceptors (Lipinski definition) is 3. The van der Waals surface area contributed by atoms with Gasteiger partial charge in [-0.3, -0.25) is 4.79 Å². The highest BCUT2D eigenvalue weighted by Crippen LogP contribution is 2.14. The maximum atomic E-state index is 12.7. The molecule has 1 amide bonds. The van der Waals surface area contributed by atoms with Gasteiger partial charge in [0.05, 0.1) is 13.3 Å². The van der Waals surface area contributed by atoms with Crippen LogP contribution in [0.5, 0.6) is 5.75 Å². The van der Waals surface area contributed by atoms with Crippen LogP contribution >= 0.6 is 0 Å². The standard InChI is InChI=1S/C15H13FN2O2/c1-20-14-5-3-2-4-12(14)10-17-18-15(19)11-6-8-13(16)9-7-11/h2-10H,1H3,(H,18,19)/b17-10+. The van der Waals surface area contributed by atoms with Crippen molar-refractivity contribution in [2.75, 3.05) is 7.11 Å². The van der Waals surface area contributed by atoms with Gasteiger partial charge in [-0.1, -0.05) is 12.1 Å². The SMILES string of the molecule is COc1ccccc1/C=N/NC(=O)c1ccc(F)cc1. The minimum absolute atomic E-state index is 0.337. The summed E-state index contributed by atoms with van der Waals surface area (Å²) < 4.78 is 17.9. The van der Waals surface area contributed by atoms with Gasteiger partial charge < -0.3 is 4.74 Å². The van der Waals surface area contributed by atoms with Crippen molar-refractivity contribution in [3.8, 4) is 5.75 Å². The molecule has 2 aromatic carbocycles. The third-order valence-corrected chi connectivity index (χ3v) is 2.62. The number of methoxy groups -OCH3 is 1. The third-order valence-electron chi connectivity index (χ3n) is 2.62. The Kier molecular flexibility index (Phi) is 4.44. The lowest BCUT2D eigenvalue weighted by Crippen LogP contribution is -2.17. The molecule has 4 nitrogen and oxygen atoms in total. The number of carbonyl (C=O) groups excluding carboxylic acids is 1. The number of benzene rings is 2. The molecule has 2 rings (SSSR count). The fraction of sp³-hybridized carbons (Fsp3) is 0.0667. The predicted molar refractivity (Wildman–Crippen MR) is 74.5 cm³/mol. The number of ether oxygens (including phenoxy) is 1. The second-order valence-corrected chi connectivity index (χ2v) is 3.95. The zero-order valence-corrected chi connectivity index (χ0v) is 10.8. The van der Waals surface area contributed by atoms with Crippen molar-refractivity contribution in [3.05, 3.63) is 65.5 Å². The van der Waals surface area contributed by atoms with E-state index in [1.165, 1.54) is 30.5 Å². The van der Waals surface area contributed by atoms with Crippen LogP contribution in [0, 0.1) is 5.82 Å². The van der Waals surface area contributed by atoms with Crippen molar-refractivity contribution < 1.29 is 13.9 Å². The van der Waals surface area contributed by atoms with Crippen molar-refractivity contribution in [1.29, 1.82) is 0 Å². The molecular weight excluding hydrogens is 259 g/mol. The molecule has 102 valence electrons. The van der Waals surface area contributed by atoms with Crippen LogP contribution in [0.25, 0.3) is 0 Å². The second-order valence-electron chi connectivity index (χ2n) is 3.95. The van der Waals surface area contributed by atoms with E-state index in [-0.39, 0.29) is 5.82 Å². The van der Waals surface area contributed by atoms with E-state index in [0.29, 0.717) is 11.3 Å². The van der Waals surface area contributed by atoms with Crippen LogP contribution in [-0.4, -0.2) is 19.2 Å². The number of rotatable bonds is 4. The van der Waals surface area contributed by atoms with Crippen molar-refractivity contribution in [2.45, 2.75) is 0 Å². The summed E-state index contributed by atoms with van der Waals surface area (Å²) in [5, 5.41) is 3.85. The summed E-state index contributed by atoms with van der Waals surface area (Å²) in [7, 11) is 1.56. The lowest BCUT2D eigenvalue weighted by molar-refractivity contribution is 0.0955. The molecule has 0 bridgehead atoms. The molecular formula is C15H13FN2O2. The molecule has 2 aromatic rings. The first-order valence-electron chi connectivity index (χ1n) is 5.92. The van der Waals surface area contributed by atoms with E-state index >= 15 is 0 Å². The predicted octanol–water partition coefficient (Wildman–Crippen LogP) is 2.60. The van der Waals surface area contributed by atoms with Gasteiger partial charge in [0, 0.05) is 11.1 Å². The van der Waals surface area contributed by atoms with Crippen LogP contribution in [0.2, 0.25) is 0 Å². The average Bonchev–Trinajstić information content (AvgIpc) is 2.48. The van der Waals surface area contributed by atoms with E-state index in [9.17, 15) is 9.18 Å².